The standard InChI is InChI=1S/C23H23N3/c1-2-11-20-18(8-1)9-7-10-19(20)16-26-22-13-4-3-12-21(22)24-23(26)17-25-14-5-6-15-25/h1-4,7-13H,5-6,14-17H2. The van der Waals surface area contributed by atoms with Gasteiger partial charge in [-0.25, -0.2) is 4.98 Å². The molecule has 0 aliphatic carbocycles. The van der Waals surface area contributed by atoms with E-state index in [0.717, 1.165) is 18.6 Å². The molecule has 0 bridgehead atoms. The molecule has 3 aromatic carbocycles. The first-order valence-corrected chi connectivity index (χ1v) is 9.52. The van der Waals surface area contributed by atoms with Crippen LogP contribution in [0, 0.1) is 0 Å². The van der Waals surface area contributed by atoms with E-state index >= 15 is 0 Å². The van der Waals surface area contributed by atoms with Gasteiger partial charge in [0.15, 0.2) is 0 Å². The van der Waals surface area contributed by atoms with Crippen molar-refractivity contribution in [3.63, 3.8) is 0 Å². The zero-order valence-corrected chi connectivity index (χ0v) is 14.9. The minimum Gasteiger partial charge on any atom is -0.322 e. The van der Waals surface area contributed by atoms with Crippen molar-refractivity contribution < 1.29 is 0 Å². The first-order chi connectivity index (χ1) is 12.9. The lowest BCUT2D eigenvalue weighted by molar-refractivity contribution is 0.318. The van der Waals surface area contributed by atoms with E-state index in [1.54, 1.807) is 0 Å². The van der Waals surface area contributed by atoms with E-state index in [9.17, 15) is 0 Å². The largest absolute Gasteiger partial charge is 0.322 e. The quantitative estimate of drug-likeness (QED) is 0.530. The molecule has 1 saturated heterocycles. The van der Waals surface area contributed by atoms with Crippen LogP contribution in [0.4, 0.5) is 0 Å². The van der Waals surface area contributed by atoms with E-state index in [1.165, 1.54) is 53.6 Å². The molecule has 2 heterocycles. The second-order valence-corrected chi connectivity index (χ2v) is 7.22. The Bertz CT molecular complexity index is 1050. The van der Waals surface area contributed by atoms with Gasteiger partial charge in [0.2, 0.25) is 0 Å². The molecular weight excluding hydrogens is 318 g/mol. The fourth-order valence-electron chi connectivity index (χ4n) is 4.16. The summed E-state index contributed by atoms with van der Waals surface area (Å²) in [5, 5.41) is 2.63. The molecule has 5 rings (SSSR count). The molecule has 1 aliphatic rings. The Kier molecular flexibility index (Phi) is 3.95. The van der Waals surface area contributed by atoms with Crippen LogP contribution in [0.25, 0.3) is 21.8 Å². The van der Waals surface area contributed by atoms with Gasteiger partial charge in [0.05, 0.1) is 17.6 Å². The van der Waals surface area contributed by atoms with Gasteiger partial charge in [-0.3, -0.25) is 4.90 Å². The number of rotatable bonds is 4. The molecule has 0 atom stereocenters. The third-order valence-corrected chi connectivity index (χ3v) is 5.51. The molecule has 3 nitrogen and oxygen atoms in total. The number of aromatic nitrogens is 2. The maximum atomic E-state index is 4.97. The molecule has 0 unspecified atom stereocenters. The number of hydrogen-bond donors (Lipinski definition) is 0. The number of fused-ring (bicyclic) bond motifs is 2. The first kappa shape index (κ1) is 15.6. The highest BCUT2D eigenvalue weighted by Gasteiger charge is 2.17. The minimum absolute atomic E-state index is 0.866. The molecule has 0 saturated carbocycles. The predicted molar refractivity (Wildman–Crippen MR) is 107 cm³/mol. The van der Waals surface area contributed by atoms with Crippen LogP contribution in [0.3, 0.4) is 0 Å². The van der Waals surface area contributed by atoms with Crippen molar-refractivity contribution in [2.75, 3.05) is 13.1 Å². The molecule has 0 amide bonds. The van der Waals surface area contributed by atoms with Crippen molar-refractivity contribution >= 4 is 21.8 Å². The maximum absolute atomic E-state index is 4.97. The van der Waals surface area contributed by atoms with Crippen LogP contribution in [-0.4, -0.2) is 27.5 Å². The number of para-hydroxylation sites is 2. The zero-order chi connectivity index (χ0) is 17.3. The number of nitrogens with zero attached hydrogens (tertiary/aromatic N) is 3. The van der Waals surface area contributed by atoms with Crippen molar-refractivity contribution in [3.05, 3.63) is 78.1 Å². The molecular formula is C23H23N3. The SMILES string of the molecule is c1ccc2c(Cn3c(CN4CCCC4)nc4ccccc43)cccc2c1. The fraction of sp³-hybridized carbons (Fsp3) is 0.261. The van der Waals surface area contributed by atoms with Gasteiger partial charge in [0, 0.05) is 6.54 Å². The van der Waals surface area contributed by atoms with Gasteiger partial charge in [0.25, 0.3) is 0 Å². The number of imidazole rings is 1. The van der Waals surface area contributed by atoms with Crippen molar-refractivity contribution in [2.45, 2.75) is 25.9 Å². The average molecular weight is 341 g/mol. The summed E-state index contributed by atoms with van der Waals surface area (Å²) in [6, 6.07) is 23.8. The lowest BCUT2D eigenvalue weighted by Gasteiger charge is -2.17. The Hall–Kier alpha value is -2.65. The maximum Gasteiger partial charge on any atom is 0.124 e. The smallest absolute Gasteiger partial charge is 0.124 e. The van der Waals surface area contributed by atoms with Gasteiger partial charge in [-0.2, -0.15) is 0 Å². The van der Waals surface area contributed by atoms with Crippen LogP contribution >= 0.6 is 0 Å². The number of likely N-dealkylation sites (tertiary alicyclic amines) is 1. The Labute approximate surface area is 153 Å². The Morgan fingerprint density at radius 3 is 2.46 bits per heavy atom. The highest BCUT2D eigenvalue weighted by Crippen LogP contribution is 2.24. The molecule has 0 spiro atoms. The summed E-state index contributed by atoms with van der Waals surface area (Å²) >= 11 is 0. The predicted octanol–water partition coefficient (Wildman–Crippen LogP) is 4.83. The summed E-state index contributed by atoms with van der Waals surface area (Å²) in [6.07, 6.45) is 2.62. The topological polar surface area (TPSA) is 21.1 Å². The van der Waals surface area contributed by atoms with Gasteiger partial charge < -0.3 is 4.57 Å². The minimum atomic E-state index is 0.866. The summed E-state index contributed by atoms with van der Waals surface area (Å²) in [6.45, 7) is 4.19. The second-order valence-electron chi connectivity index (χ2n) is 7.22. The normalized spacial score (nSPS) is 15.2. The van der Waals surface area contributed by atoms with E-state index in [0.29, 0.717) is 0 Å². The van der Waals surface area contributed by atoms with Crippen LogP contribution in [0.15, 0.2) is 66.7 Å². The Balaban J connectivity index is 1.60. The molecule has 4 aromatic rings. The summed E-state index contributed by atoms with van der Waals surface area (Å²) in [4.78, 5) is 7.50. The first-order valence-electron chi connectivity index (χ1n) is 9.52. The number of hydrogen-bond acceptors (Lipinski definition) is 2. The summed E-state index contributed by atoms with van der Waals surface area (Å²) in [7, 11) is 0. The van der Waals surface area contributed by atoms with Gasteiger partial charge >= 0.3 is 0 Å². The van der Waals surface area contributed by atoms with Crippen molar-refractivity contribution in [3.8, 4) is 0 Å². The zero-order valence-electron chi connectivity index (χ0n) is 14.9. The van der Waals surface area contributed by atoms with E-state index in [-0.39, 0.29) is 0 Å². The fourth-order valence-corrected chi connectivity index (χ4v) is 4.16. The van der Waals surface area contributed by atoms with Crippen LogP contribution in [0.5, 0.6) is 0 Å². The van der Waals surface area contributed by atoms with E-state index in [1.807, 2.05) is 0 Å². The Morgan fingerprint density at radius 2 is 1.54 bits per heavy atom. The van der Waals surface area contributed by atoms with E-state index in [2.05, 4.69) is 76.2 Å². The van der Waals surface area contributed by atoms with Crippen molar-refractivity contribution in [2.24, 2.45) is 0 Å². The second kappa shape index (κ2) is 6.58. The molecule has 1 fully saturated rings. The monoisotopic (exact) mass is 341 g/mol. The van der Waals surface area contributed by atoms with Crippen molar-refractivity contribution in [1.82, 2.24) is 14.5 Å². The lowest BCUT2D eigenvalue weighted by atomic mass is 10.0. The van der Waals surface area contributed by atoms with Crippen LogP contribution in [-0.2, 0) is 13.1 Å². The molecule has 1 aromatic heterocycles. The molecule has 26 heavy (non-hydrogen) atoms. The van der Waals surface area contributed by atoms with Crippen molar-refractivity contribution in [1.29, 1.82) is 0 Å². The summed E-state index contributed by atoms with van der Waals surface area (Å²) < 4.78 is 2.41. The third kappa shape index (κ3) is 2.78. The molecule has 1 aliphatic heterocycles. The average Bonchev–Trinajstić information content (AvgIpc) is 3.31. The van der Waals surface area contributed by atoms with Gasteiger partial charge in [0.1, 0.15) is 5.82 Å². The van der Waals surface area contributed by atoms with Crippen LogP contribution in [0.1, 0.15) is 24.2 Å². The van der Waals surface area contributed by atoms with Gasteiger partial charge in [-0.15, -0.1) is 0 Å². The molecule has 130 valence electrons. The van der Waals surface area contributed by atoms with Crippen LogP contribution in [0.2, 0.25) is 0 Å². The summed E-state index contributed by atoms with van der Waals surface area (Å²) in [5.41, 5.74) is 3.69. The molecule has 3 heteroatoms. The van der Waals surface area contributed by atoms with E-state index in [4.69, 9.17) is 4.98 Å². The lowest BCUT2D eigenvalue weighted by Crippen LogP contribution is -2.21. The van der Waals surface area contributed by atoms with Gasteiger partial charge in [-0.05, 0) is 54.4 Å². The molecule has 0 N–H and O–H groups in total. The van der Waals surface area contributed by atoms with E-state index < -0.39 is 0 Å². The highest BCUT2D eigenvalue weighted by atomic mass is 15.2. The van der Waals surface area contributed by atoms with Gasteiger partial charge in [-0.1, -0.05) is 54.6 Å². The summed E-state index contributed by atoms with van der Waals surface area (Å²) in [5.74, 6) is 1.18. The van der Waals surface area contributed by atoms with Crippen LogP contribution < -0.4 is 0 Å². The third-order valence-electron chi connectivity index (χ3n) is 5.51. The highest BCUT2D eigenvalue weighted by molar-refractivity contribution is 5.86. The Morgan fingerprint density at radius 1 is 0.769 bits per heavy atom. The number of benzene rings is 3. The molecule has 0 radical (unpaired) electrons.